The van der Waals surface area contributed by atoms with Crippen molar-refractivity contribution in [1.82, 2.24) is 4.98 Å². The van der Waals surface area contributed by atoms with Gasteiger partial charge in [0.05, 0.1) is 5.69 Å². The van der Waals surface area contributed by atoms with Crippen LogP contribution in [0.4, 0.5) is 0 Å². The van der Waals surface area contributed by atoms with E-state index in [4.69, 9.17) is 0 Å². The topological polar surface area (TPSA) is 12.9 Å². The van der Waals surface area contributed by atoms with Gasteiger partial charge in [-0.1, -0.05) is 13.0 Å². The summed E-state index contributed by atoms with van der Waals surface area (Å²) in [7, 11) is 0. The second kappa shape index (κ2) is 3.62. The maximum atomic E-state index is 4.36. The summed E-state index contributed by atoms with van der Waals surface area (Å²) in [5, 5.41) is 0.293. The standard InChI is InChI=1S/C8H11NS/c1-2-8(10)7-5-3-4-6-9-7/h3-6,8,10H,2H2,1H3. The van der Waals surface area contributed by atoms with Crippen LogP contribution in [0.25, 0.3) is 0 Å². The Morgan fingerprint density at radius 1 is 1.60 bits per heavy atom. The van der Waals surface area contributed by atoms with Gasteiger partial charge < -0.3 is 0 Å². The molecule has 0 aliphatic heterocycles. The lowest BCUT2D eigenvalue weighted by molar-refractivity contribution is 0.865. The molecule has 1 rings (SSSR count). The van der Waals surface area contributed by atoms with Crippen molar-refractivity contribution < 1.29 is 0 Å². The summed E-state index contributed by atoms with van der Waals surface area (Å²) in [5.74, 6) is 0. The smallest absolute Gasteiger partial charge is 0.0530 e. The SMILES string of the molecule is CCC(S)c1ccccn1. The van der Waals surface area contributed by atoms with E-state index in [1.165, 1.54) is 0 Å². The zero-order valence-electron chi connectivity index (χ0n) is 5.99. The van der Waals surface area contributed by atoms with Gasteiger partial charge in [0, 0.05) is 11.4 Å². The van der Waals surface area contributed by atoms with E-state index in [1.54, 1.807) is 6.20 Å². The van der Waals surface area contributed by atoms with E-state index in [1.807, 2.05) is 18.2 Å². The highest BCUT2D eigenvalue weighted by atomic mass is 32.1. The first-order valence-corrected chi connectivity index (χ1v) is 3.95. The first-order valence-electron chi connectivity index (χ1n) is 3.43. The van der Waals surface area contributed by atoms with E-state index >= 15 is 0 Å². The Labute approximate surface area is 66.9 Å². The lowest BCUT2D eigenvalue weighted by atomic mass is 10.2. The molecule has 0 fully saturated rings. The van der Waals surface area contributed by atoms with Crippen LogP contribution in [0.1, 0.15) is 24.3 Å². The summed E-state index contributed by atoms with van der Waals surface area (Å²) >= 11 is 4.36. The van der Waals surface area contributed by atoms with E-state index in [2.05, 4.69) is 24.5 Å². The molecule has 0 radical (unpaired) electrons. The van der Waals surface area contributed by atoms with Gasteiger partial charge in [0.25, 0.3) is 0 Å². The molecule has 1 unspecified atom stereocenters. The van der Waals surface area contributed by atoms with Gasteiger partial charge in [0.2, 0.25) is 0 Å². The van der Waals surface area contributed by atoms with E-state index in [0.717, 1.165) is 12.1 Å². The number of hydrogen-bond donors (Lipinski definition) is 1. The zero-order valence-corrected chi connectivity index (χ0v) is 6.88. The molecule has 0 bridgehead atoms. The third-order valence-electron chi connectivity index (χ3n) is 1.42. The fraction of sp³-hybridized carbons (Fsp3) is 0.375. The van der Waals surface area contributed by atoms with E-state index in [-0.39, 0.29) is 0 Å². The highest BCUT2D eigenvalue weighted by molar-refractivity contribution is 7.80. The zero-order chi connectivity index (χ0) is 7.40. The molecular weight excluding hydrogens is 142 g/mol. The maximum absolute atomic E-state index is 4.36. The average Bonchev–Trinajstić information content (AvgIpc) is 2.05. The van der Waals surface area contributed by atoms with E-state index in [9.17, 15) is 0 Å². The van der Waals surface area contributed by atoms with Crippen LogP contribution in [0.2, 0.25) is 0 Å². The third-order valence-corrected chi connectivity index (χ3v) is 2.05. The Bertz CT molecular complexity index is 186. The number of thiol groups is 1. The predicted molar refractivity (Wildman–Crippen MR) is 46.3 cm³/mol. The molecule has 1 heterocycles. The van der Waals surface area contributed by atoms with Crippen molar-refractivity contribution in [2.75, 3.05) is 0 Å². The summed E-state index contributed by atoms with van der Waals surface area (Å²) in [6, 6.07) is 5.90. The fourth-order valence-corrected chi connectivity index (χ4v) is 0.935. The lowest BCUT2D eigenvalue weighted by Gasteiger charge is -2.04. The Morgan fingerprint density at radius 3 is 2.90 bits per heavy atom. The third kappa shape index (κ3) is 1.74. The van der Waals surface area contributed by atoms with Gasteiger partial charge in [0.15, 0.2) is 0 Å². The molecule has 0 aromatic carbocycles. The van der Waals surface area contributed by atoms with Crippen molar-refractivity contribution in [3.05, 3.63) is 30.1 Å². The van der Waals surface area contributed by atoms with Crippen molar-refractivity contribution >= 4 is 12.6 Å². The highest BCUT2D eigenvalue weighted by Crippen LogP contribution is 2.19. The van der Waals surface area contributed by atoms with Crippen LogP contribution in [0, 0.1) is 0 Å². The summed E-state index contributed by atoms with van der Waals surface area (Å²) in [6.07, 6.45) is 2.83. The molecule has 0 N–H and O–H groups in total. The second-order valence-electron chi connectivity index (χ2n) is 2.18. The normalized spacial score (nSPS) is 13.0. The van der Waals surface area contributed by atoms with Crippen molar-refractivity contribution in [1.29, 1.82) is 0 Å². The van der Waals surface area contributed by atoms with Gasteiger partial charge in [0.1, 0.15) is 0 Å². The minimum absolute atomic E-state index is 0.293. The van der Waals surface area contributed by atoms with Crippen LogP contribution in [0.5, 0.6) is 0 Å². The van der Waals surface area contributed by atoms with Gasteiger partial charge >= 0.3 is 0 Å². The molecule has 1 nitrogen and oxygen atoms in total. The minimum Gasteiger partial charge on any atom is -0.260 e. The largest absolute Gasteiger partial charge is 0.260 e. The van der Waals surface area contributed by atoms with Crippen molar-refractivity contribution in [2.45, 2.75) is 18.6 Å². The maximum Gasteiger partial charge on any atom is 0.0530 e. The minimum atomic E-state index is 0.293. The van der Waals surface area contributed by atoms with Crippen LogP contribution < -0.4 is 0 Å². The Hall–Kier alpha value is -0.500. The second-order valence-corrected chi connectivity index (χ2v) is 2.80. The molecular formula is C8H11NS. The molecule has 0 amide bonds. The van der Waals surface area contributed by atoms with Crippen LogP contribution >= 0.6 is 12.6 Å². The molecule has 1 aromatic rings. The molecule has 0 aliphatic carbocycles. The lowest BCUT2D eigenvalue weighted by Crippen LogP contribution is -1.90. The number of aromatic nitrogens is 1. The number of pyridine rings is 1. The quantitative estimate of drug-likeness (QED) is 0.644. The van der Waals surface area contributed by atoms with Crippen LogP contribution in [0.3, 0.4) is 0 Å². The first kappa shape index (κ1) is 7.61. The Kier molecular flexibility index (Phi) is 2.75. The van der Waals surface area contributed by atoms with Crippen LogP contribution in [-0.4, -0.2) is 4.98 Å². The number of hydrogen-bond acceptors (Lipinski definition) is 2. The summed E-state index contributed by atoms with van der Waals surface area (Å²) in [6.45, 7) is 2.10. The first-order chi connectivity index (χ1) is 4.84. The molecule has 2 heteroatoms. The number of rotatable bonds is 2. The van der Waals surface area contributed by atoms with Gasteiger partial charge in [-0.05, 0) is 18.6 Å². The van der Waals surface area contributed by atoms with Crippen LogP contribution in [0.15, 0.2) is 24.4 Å². The molecule has 0 saturated heterocycles. The molecule has 0 saturated carbocycles. The van der Waals surface area contributed by atoms with Gasteiger partial charge in [-0.3, -0.25) is 4.98 Å². The van der Waals surface area contributed by atoms with Crippen molar-refractivity contribution in [2.24, 2.45) is 0 Å². The molecule has 1 atom stereocenters. The van der Waals surface area contributed by atoms with Crippen LogP contribution in [-0.2, 0) is 0 Å². The summed E-state index contributed by atoms with van der Waals surface area (Å²) < 4.78 is 0. The molecule has 0 aliphatic rings. The highest BCUT2D eigenvalue weighted by Gasteiger charge is 2.01. The van der Waals surface area contributed by atoms with Crippen molar-refractivity contribution in [3.8, 4) is 0 Å². The number of nitrogens with zero attached hydrogens (tertiary/aromatic N) is 1. The monoisotopic (exact) mass is 153 g/mol. The predicted octanol–water partition coefficient (Wildman–Crippen LogP) is 2.46. The summed E-state index contributed by atoms with van der Waals surface area (Å²) in [5.41, 5.74) is 1.06. The van der Waals surface area contributed by atoms with E-state index < -0.39 is 0 Å². The molecule has 0 spiro atoms. The van der Waals surface area contributed by atoms with Gasteiger partial charge in [-0.15, -0.1) is 0 Å². The van der Waals surface area contributed by atoms with Gasteiger partial charge in [-0.25, -0.2) is 0 Å². The fourth-order valence-electron chi connectivity index (χ4n) is 0.782. The average molecular weight is 153 g/mol. The van der Waals surface area contributed by atoms with Gasteiger partial charge in [-0.2, -0.15) is 12.6 Å². The molecule has 1 aromatic heterocycles. The summed E-state index contributed by atoms with van der Waals surface area (Å²) in [4.78, 5) is 4.17. The van der Waals surface area contributed by atoms with E-state index in [0.29, 0.717) is 5.25 Å². The Balaban J connectivity index is 2.75. The Morgan fingerprint density at radius 2 is 2.40 bits per heavy atom. The molecule has 10 heavy (non-hydrogen) atoms. The van der Waals surface area contributed by atoms with Crippen molar-refractivity contribution in [3.63, 3.8) is 0 Å². The molecule has 54 valence electrons.